The molecule has 1 heterocycles. The van der Waals surface area contributed by atoms with Gasteiger partial charge < -0.3 is 14.6 Å². The number of ether oxygens (including phenoxy) is 2. The van der Waals surface area contributed by atoms with Gasteiger partial charge in [-0.15, -0.1) is 0 Å². The summed E-state index contributed by atoms with van der Waals surface area (Å²) in [5, 5.41) is 10.3. The minimum absolute atomic E-state index is 0.0668. The predicted octanol–water partition coefficient (Wildman–Crippen LogP) is 4.04. The van der Waals surface area contributed by atoms with Crippen molar-refractivity contribution in [2.24, 2.45) is 0 Å². The summed E-state index contributed by atoms with van der Waals surface area (Å²) in [5.74, 6) is 0.695. The van der Waals surface area contributed by atoms with Crippen molar-refractivity contribution in [2.45, 2.75) is 18.6 Å². The molecule has 0 saturated carbocycles. The predicted molar refractivity (Wildman–Crippen MR) is 77.3 cm³/mol. The molecule has 0 aromatic heterocycles. The molecule has 110 valence electrons. The first kappa shape index (κ1) is 14.2. The van der Waals surface area contributed by atoms with Crippen LogP contribution >= 0.6 is 11.6 Å². The molecule has 0 saturated heterocycles. The van der Waals surface area contributed by atoms with E-state index in [2.05, 4.69) is 0 Å². The Hall–Kier alpha value is -1.78. The lowest BCUT2D eigenvalue weighted by atomic mass is 9.95. The average Bonchev–Trinajstić information content (AvgIpc) is 2.49. The highest BCUT2D eigenvalue weighted by molar-refractivity contribution is 6.30. The van der Waals surface area contributed by atoms with Gasteiger partial charge in [0.05, 0.1) is 18.2 Å². The third-order valence-corrected chi connectivity index (χ3v) is 3.91. The van der Waals surface area contributed by atoms with Crippen LogP contribution in [-0.2, 0) is 0 Å². The van der Waals surface area contributed by atoms with E-state index in [1.54, 1.807) is 31.4 Å². The summed E-state index contributed by atoms with van der Waals surface area (Å²) in [6.45, 7) is 0. The number of fused-ring (bicyclic) bond motifs is 1. The summed E-state index contributed by atoms with van der Waals surface area (Å²) in [6, 6.07) is 9.80. The molecule has 21 heavy (non-hydrogen) atoms. The summed E-state index contributed by atoms with van der Waals surface area (Å²) < 4.78 is 24.6. The number of rotatable bonds is 2. The van der Waals surface area contributed by atoms with E-state index in [1.807, 2.05) is 0 Å². The van der Waals surface area contributed by atoms with E-state index in [-0.39, 0.29) is 5.02 Å². The second kappa shape index (κ2) is 5.54. The second-order valence-corrected chi connectivity index (χ2v) is 5.34. The summed E-state index contributed by atoms with van der Waals surface area (Å²) in [5.41, 5.74) is 1.35. The highest BCUT2D eigenvalue weighted by Crippen LogP contribution is 2.42. The zero-order valence-electron chi connectivity index (χ0n) is 11.3. The van der Waals surface area contributed by atoms with Gasteiger partial charge >= 0.3 is 0 Å². The van der Waals surface area contributed by atoms with E-state index in [4.69, 9.17) is 21.1 Å². The van der Waals surface area contributed by atoms with Crippen LogP contribution in [0.25, 0.3) is 0 Å². The third kappa shape index (κ3) is 2.69. The molecule has 5 heteroatoms. The van der Waals surface area contributed by atoms with Crippen molar-refractivity contribution in [3.63, 3.8) is 0 Å². The van der Waals surface area contributed by atoms with Crippen molar-refractivity contribution in [3.8, 4) is 11.5 Å². The van der Waals surface area contributed by atoms with Gasteiger partial charge in [-0.1, -0.05) is 17.7 Å². The molecule has 2 aromatic carbocycles. The molecular weight excluding hydrogens is 295 g/mol. The van der Waals surface area contributed by atoms with Gasteiger partial charge in [-0.05, 0) is 29.8 Å². The summed E-state index contributed by atoms with van der Waals surface area (Å²) in [4.78, 5) is 0. The number of methoxy groups -OCH3 is 1. The van der Waals surface area contributed by atoms with Crippen LogP contribution in [0.3, 0.4) is 0 Å². The Kier molecular flexibility index (Phi) is 3.74. The smallest absolute Gasteiger partial charge is 0.142 e. The van der Waals surface area contributed by atoms with Crippen LogP contribution in [-0.4, -0.2) is 12.2 Å². The van der Waals surface area contributed by atoms with Gasteiger partial charge in [0.1, 0.15) is 23.4 Å². The van der Waals surface area contributed by atoms with Crippen molar-refractivity contribution < 1.29 is 19.0 Å². The molecule has 2 atom stereocenters. The highest BCUT2D eigenvalue weighted by atomic mass is 35.5. The van der Waals surface area contributed by atoms with Crippen molar-refractivity contribution >= 4 is 11.6 Å². The summed E-state index contributed by atoms with van der Waals surface area (Å²) in [7, 11) is 1.56. The monoisotopic (exact) mass is 308 g/mol. The molecule has 0 amide bonds. The maximum atomic E-state index is 13.6. The van der Waals surface area contributed by atoms with E-state index >= 15 is 0 Å². The standard InChI is InChI=1S/C16H14ClFO3/c1-20-10-3-4-11-14(19)8-15(21-16(11)7-10)9-2-5-12(17)13(18)6-9/h2-7,14-15,19H,8H2,1H3/t14-,15?/m1/s1. The first-order valence-corrected chi connectivity index (χ1v) is 6.94. The van der Waals surface area contributed by atoms with Gasteiger partial charge in [-0.3, -0.25) is 0 Å². The fraction of sp³-hybridized carbons (Fsp3) is 0.250. The largest absolute Gasteiger partial charge is 0.497 e. The van der Waals surface area contributed by atoms with E-state index in [0.717, 1.165) is 0 Å². The summed E-state index contributed by atoms with van der Waals surface area (Å²) in [6.07, 6.45) is -0.727. The van der Waals surface area contributed by atoms with Crippen LogP contribution in [0.1, 0.15) is 29.8 Å². The first-order chi connectivity index (χ1) is 10.1. The van der Waals surface area contributed by atoms with Crippen molar-refractivity contribution in [2.75, 3.05) is 7.11 Å². The van der Waals surface area contributed by atoms with E-state index in [9.17, 15) is 9.50 Å². The molecular formula is C16H14ClFO3. The normalized spacial score (nSPS) is 20.6. The minimum atomic E-state index is -0.664. The lowest BCUT2D eigenvalue weighted by Crippen LogP contribution is -2.19. The lowest BCUT2D eigenvalue weighted by Gasteiger charge is -2.30. The van der Waals surface area contributed by atoms with E-state index < -0.39 is 18.0 Å². The summed E-state index contributed by atoms with van der Waals surface area (Å²) >= 11 is 5.69. The van der Waals surface area contributed by atoms with Gasteiger partial charge in [-0.25, -0.2) is 4.39 Å². The SMILES string of the molecule is COc1ccc2c(c1)OC(c1ccc(Cl)c(F)c1)C[C@H]2O. The molecule has 3 nitrogen and oxygen atoms in total. The zero-order valence-corrected chi connectivity index (χ0v) is 12.1. The van der Waals surface area contributed by atoms with Crippen LogP contribution in [0, 0.1) is 5.82 Å². The number of aliphatic hydroxyl groups excluding tert-OH is 1. The topological polar surface area (TPSA) is 38.7 Å². The van der Waals surface area contributed by atoms with Crippen LogP contribution in [0.5, 0.6) is 11.5 Å². The average molecular weight is 309 g/mol. The fourth-order valence-corrected chi connectivity index (χ4v) is 2.58. The maximum Gasteiger partial charge on any atom is 0.142 e. The van der Waals surface area contributed by atoms with Gasteiger partial charge in [0.2, 0.25) is 0 Å². The van der Waals surface area contributed by atoms with Gasteiger partial charge in [-0.2, -0.15) is 0 Å². The molecule has 0 bridgehead atoms. The number of benzene rings is 2. The minimum Gasteiger partial charge on any atom is -0.497 e. The molecule has 2 aromatic rings. The number of aliphatic hydroxyl groups is 1. The second-order valence-electron chi connectivity index (χ2n) is 4.94. The van der Waals surface area contributed by atoms with Gasteiger partial charge in [0.15, 0.2) is 0 Å². The molecule has 0 radical (unpaired) electrons. The van der Waals surface area contributed by atoms with E-state index in [1.165, 1.54) is 12.1 Å². The third-order valence-electron chi connectivity index (χ3n) is 3.60. The lowest BCUT2D eigenvalue weighted by molar-refractivity contribution is 0.0653. The highest BCUT2D eigenvalue weighted by Gasteiger charge is 2.28. The molecule has 0 fully saturated rings. The van der Waals surface area contributed by atoms with Crippen molar-refractivity contribution in [3.05, 3.63) is 58.4 Å². The van der Waals surface area contributed by atoms with Gasteiger partial charge in [0.25, 0.3) is 0 Å². The van der Waals surface area contributed by atoms with Crippen LogP contribution in [0.4, 0.5) is 4.39 Å². The molecule has 3 rings (SSSR count). The Morgan fingerprint density at radius 2 is 2.10 bits per heavy atom. The van der Waals surface area contributed by atoms with Crippen LogP contribution < -0.4 is 9.47 Å². The van der Waals surface area contributed by atoms with E-state index in [0.29, 0.717) is 29.0 Å². The zero-order chi connectivity index (χ0) is 15.0. The van der Waals surface area contributed by atoms with Crippen molar-refractivity contribution in [1.29, 1.82) is 0 Å². The molecule has 1 N–H and O–H groups in total. The Labute approximate surface area is 126 Å². The molecule has 0 spiro atoms. The Morgan fingerprint density at radius 3 is 2.81 bits per heavy atom. The molecule has 0 aliphatic carbocycles. The quantitative estimate of drug-likeness (QED) is 0.910. The fourth-order valence-electron chi connectivity index (χ4n) is 2.47. The number of halogens is 2. The first-order valence-electron chi connectivity index (χ1n) is 6.56. The van der Waals surface area contributed by atoms with Gasteiger partial charge in [0, 0.05) is 18.1 Å². The Balaban J connectivity index is 1.94. The van der Waals surface area contributed by atoms with Crippen molar-refractivity contribution in [1.82, 2.24) is 0 Å². The molecule has 1 aliphatic rings. The Bertz CT molecular complexity index is 675. The molecule has 1 unspecified atom stereocenters. The number of hydrogen-bond donors (Lipinski definition) is 1. The van der Waals surface area contributed by atoms with Crippen LogP contribution in [0.15, 0.2) is 36.4 Å². The van der Waals surface area contributed by atoms with Crippen LogP contribution in [0.2, 0.25) is 5.02 Å². The molecule has 1 aliphatic heterocycles. The number of hydrogen-bond acceptors (Lipinski definition) is 3. The Morgan fingerprint density at radius 1 is 1.29 bits per heavy atom. The maximum absolute atomic E-state index is 13.6.